The van der Waals surface area contributed by atoms with Crippen LogP contribution in [-0.2, 0) is 16.4 Å². The van der Waals surface area contributed by atoms with E-state index < -0.39 is 10.0 Å². The Morgan fingerprint density at radius 3 is 2.59 bits per heavy atom. The van der Waals surface area contributed by atoms with E-state index in [0.29, 0.717) is 12.8 Å². The highest BCUT2D eigenvalue weighted by Gasteiger charge is 2.19. The number of aryl methyl sites for hydroxylation is 2. The van der Waals surface area contributed by atoms with Gasteiger partial charge in [0.05, 0.1) is 11.4 Å². The molecule has 6 nitrogen and oxygen atoms in total. The molecule has 1 fully saturated rings. The van der Waals surface area contributed by atoms with E-state index in [9.17, 15) is 8.42 Å². The summed E-state index contributed by atoms with van der Waals surface area (Å²) in [6.07, 6.45) is 3.76. The lowest BCUT2D eigenvalue weighted by atomic mass is 10.1. The predicted octanol–water partition coefficient (Wildman–Crippen LogP) is 1.63. The Kier molecular flexibility index (Phi) is 6.00. The van der Waals surface area contributed by atoms with Crippen LogP contribution in [0.15, 0.2) is 4.52 Å². The first-order chi connectivity index (χ1) is 10.4. The van der Waals surface area contributed by atoms with Gasteiger partial charge in [-0.3, -0.25) is 0 Å². The first kappa shape index (κ1) is 17.4. The van der Waals surface area contributed by atoms with Crippen molar-refractivity contribution in [3.63, 3.8) is 0 Å². The van der Waals surface area contributed by atoms with Crippen LogP contribution in [-0.4, -0.2) is 49.9 Å². The van der Waals surface area contributed by atoms with Crippen LogP contribution in [0.4, 0.5) is 0 Å². The van der Waals surface area contributed by atoms with Crippen LogP contribution < -0.4 is 4.72 Å². The zero-order chi connectivity index (χ0) is 16.2. The molecule has 126 valence electrons. The lowest BCUT2D eigenvalue weighted by molar-refractivity contribution is 0.339. The van der Waals surface area contributed by atoms with Gasteiger partial charge in [-0.15, -0.1) is 0 Å². The van der Waals surface area contributed by atoms with Crippen LogP contribution in [0.25, 0.3) is 0 Å². The Hall–Kier alpha value is -0.920. The molecule has 1 aromatic heterocycles. The Labute approximate surface area is 133 Å². The molecular weight excluding hydrogens is 302 g/mol. The van der Waals surface area contributed by atoms with Gasteiger partial charge in [-0.25, -0.2) is 13.1 Å². The third kappa shape index (κ3) is 5.07. The van der Waals surface area contributed by atoms with E-state index in [1.54, 1.807) is 0 Å². The van der Waals surface area contributed by atoms with E-state index in [-0.39, 0.29) is 11.8 Å². The van der Waals surface area contributed by atoms with Gasteiger partial charge in [-0.2, -0.15) is 0 Å². The standard InChI is InChI=1S/C15H27N3O3S/c1-12(11-15-13(2)16-21-14(15)3)17-22(19,20)10-6-9-18-7-4-5-8-18/h12,17H,4-11H2,1-3H3. The molecule has 1 saturated heterocycles. The van der Waals surface area contributed by atoms with Gasteiger partial charge < -0.3 is 9.42 Å². The van der Waals surface area contributed by atoms with Crippen molar-refractivity contribution in [3.8, 4) is 0 Å². The number of hydrogen-bond acceptors (Lipinski definition) is 5. The van der Waals surface area contributed by atoms with Gasteiger partial charge in [0.25, 0.3) is 0 Å². The zero-order valence-electron chi connectivity index (χ0n) is 13.8. The van der Waals surface area contributed by atoms with E-state index in [1.807, 2.05) is 20.8 Å². The maximum atomic E-state index is 12.1. The Morgan fingerprint density at radius 1 is 1.32 bits per heavy atom. The lowest BCUT2D eigenvalue weighted by Gasteiger charge is -2.16. The minimum Gasteiger partial charge on any atom is -0.361 e. The maximum absolute atomic E-state index is 12.1. The minimum atomic E-state index is -3.23. The third-order valence-electron chi connectivity index (χ3n) is 4.16. The van der Waals surface area contributed by atoms with Gasteiger partial charge in [-0.05, 0) is 66.1 Å². The van der Waals surface area contributed by atoms with Crippen LogP contribution in [0.3, 0.4) is 0 Å². The second kappa shape index (κ2) is 7.57. The van der Waals surface area contributed by atoms with Crippen LogP contribution in [0, 0.1) is 13.8 Å². The van der Waals surface area contributed by atoms with Crippen molar-refractivity contribution >= 4 is 10.0 Å². The molecule has 2 rings (SSSR count). The number of aromatic nitrogens is 1. The van der Waals surface area contributed by atoms with Crippen molar-refractivity contribution in [2.75, 3.05) is 25.4 Å². The zero-order valence-corrected chi connectivity index (χ0v) is 14.6. The highest BCUT2D eigenvalue weighted by atomic mass is 32.2. The summed E-state index contributed by atoms with van der Waals surface area (Å²) in [6.45, 7) is 8.70. The second-order valence-corrected chi connectivity index (χ2v) is 8.12. The van der Waals surface area contributed by atoms with Crippen molar-refractivity contribution in [2.24, 2.45) is 0 Å². The van der Waals surface area contributed by atoms with Crippen LogP contribution in [0.5, 0.6) is 0 Å². The van der Waals surface area contributed by atoms with E-state index in [2.05, 4.69) is 14.8 Å². The van der Waals surface area contributed by atoms with Gasteiger partial charge in [0.15, 0.2) is 0 Å². The van der Waals surface area contributed by atoms with Crippen molar-refractivity contribution in [1.82, 2.24) is 14.8 Å². The Balaban J connectivity index is 1.77. The average molecular weight is 329 g/mol. The molecule has 0 spiro atoms. The molecule has 0 aromatic carbocycles. The molecule has 7 heteroatoms. The smallest absolute Gasteiger partial charge is 0.211 e. The van der Waals surface area contributed by atoms with Crippen LogP contribution >= 0.6 is 0 Å². The van der Waals surface area contributed by atoms with Crippen LogP contribution in [0.1, 0.15) is 43.2 Å². The fraction of sp³-hybridized carbons (Fsp3) is 0.800. The molecule has 22 heavy (non-hydrogen) atoms. The third-order valence-corrected chi connectivity index (χ3v) is 5.75. The number of nitrogens with zero attached hydrogens (tertiary/aromatic N) is 2. The molecule has 1 aliphatic rings. The molecule has 0 amide bonds. The van der Waals surface area contributed by atoms with E-state index in [1.165, 1.54) is 12.8 Å². The molecule has 1 unspecified atom stereocenters. The quantitative estimate of drug-likeness (QED) is 0.784. The van der Waals surface area contributed by atoms with Gasteiger partial charge in [-0.1, -0.05) is 5.16 Å². The van der Waals surface area contributed by atoms with E-state index in [0.717, 1.165) is 36.7 Å². The molecular formula is C15H27N3O3S. The summed E-state index contributed by atoms with van der Waals surface area (Å²) in [6, 6.07) is -0.159. The van der Waals surface area contributed by atoms with Gasteiger partial charge in [0, 0.05) is 11.6 Å². The van der Waals surface area contributed by atoms with Gasteiger partial charge >= 0.3 is 0 Å². The summed E-state index contributed by atoms with van der Waals surface area (Å²) in [5.41, 5.74) is 1.82. The highest BCUT2D eigenvalue weighted by molar-refractivity contribution is 7.89. The molecule has 0 saturated carbocycles. The summed E-state index contributed by atoms with van der Waals surface area (Å²) >= 11 is 0. The normalized spacial score (nSPS) is 18.0. The monoisotopic (exact) mass is 329 g/mol. The Morgan fingerprint density at radius 2 is 2.00 bits per heavy atom. The fourth-order valence-corrected chi connectivity index (χ4v) is 4.31. The largest absolute Gasteiger partial charge is 0.361 e. The highest BCUT2D eigenvalue weighted by Crippen LogP contribution is 2.15. The van der Waals surface area contributed by atoms with Gasteiger partial charge in [0.2, 0.25) is 10.0 Å². The molecule has 0 aliphatic carbocycles. The summed E-state index contributed by atoms with van der Waals surface area (Å²) in [7, 11) is -3.23. The van der Waals surface area contributed by atoms with Gasteiger partial charge in [0.1, 0.15) is 5.76 Å². The molecule has 1 aromatic rings. The molecule has 1 N–H and O–H groups in total. The SMILES string of the molecule is Cc1noc(C)c1CC(C)NS(=O)(=O)CCCN1CCCC1. The van der Waals surface area contributed by atoms with Crippen molar-refractivity contribution in [1.29, 1.82) is 0 Å². The summed E-state index contributed by atoms with van der Waals surface area (Å²) in [5, 5.41) is 3.90. The van der Waals surface area contributed by atoms with Crippen molar-refractivity contribution < 1.29 is 12.9 Å². The fourth-order valence-electron chi connectivity index (χ4n) is 2.99. The first-order valence-electron chi connectivity index (χ1n) is 8.01. The topological polar surface area (TPSA) is 75.4 Å². The predicted molar refractivity (Wildman–Crippen MR) is 86.4 cm³/mol. The van der Waals surface area contributed by atoms with E-state index >= 15 is 0 Å². The average Bonchev–Trinajstić information content (AvgIpc) is 3.03. The molecule has 2 heterocycles. The minimum absolute atomic E-state index is 0.159. The lowest BCUT2D eigenvalue weighted by Crippen LogP contribution is -2.36. The molecule has 0 radical (unpaired) electrons. The summed E-state index contributed by atoms with van der Waals surface area (Å²) in [5.74, 6) is 0.952. The number of likely N-dealkylation sites (tertiary alicyclic amines) is 1. The second-order valence-electron chi connectivity index (χ2n) is 6.25. The number of sulfonamides is 1. The maximum Gasteiger partial charge on any atom is 0.211 e. The number of nitrogens with one attached hydrogen (secondary N) is 1. The molecule has 1 aliphatic heterocycles. The van der Waals surface area contributed by atoms with Crippen molar-refractivity contribution in [2.45, 2.75) is 52.5 Å². The van der Waals surface area contributed by atoms with Crippen LogP contribution in [0.2, 0.25) is 0 Å². The number of hydrogen-bond donors (Lipinski definition) is 1. The molecule has 0 bridgehead atoms. The Bertz CT molecular complexity index is 557. The number of rotatable bonds is 8. The first-order valence-corrected chi connectivity index (χ1v) is 9.67. The van der Waals surface area contributed by atoms with E-state index in [4.69, 9.17) is 4.52 Å². The summed E-state index contributed by atoms with van der Waals surface area (Å²) < 4.78 is 32.2. The van der Waals surface area contributed by atoms with Crippen molar-refractivity contribution in [3.05, 3.63) is 17.0 Å². The molecule has 1 atom stereocenters. The summed E-state index contributed by atoms with van der Waals surface area (Å²) in [4.78, 5) is 2.34.